The molecule has 254 valence electrons. The average Bonchev–Trinajstić information content (AvgIpc) is 3.47. The molecule has 3 aliphatic rings. The van der Waals surface area contributed by atoms with Crippen LogP contribution in [0.25, 0.3) is 21.3 Å². The van der Waals surface area contributed by atoms with Crippen molar-refractivity contribution in [2.24, 2.45) is 22.9 Å². The van der Waals surface area contributed by atoms with Gasteiger partial charge in [0.1, 0.15) is 24.5 Å². The zero-order valence-electron chi connectivity index (χ0n) is 27.1. The third-order valence-electron chi connectivity index (χ3n) is 10.1. The number of nitrogens with one attached hydrogen (secondary N) is 2. The van der Waals surface area contributed by atoms with E-state index in [1.807, 2.05) is 18.2 Å². The summed E-state index contributed by atoms with van der Waals surface area (Å²) < 4.78 is 23.3. The van der Waals surface area contributed by atoms with Gasteiger partial charge >= 0.3 is 11.9 Å². The number of aryl methyl sites for hydroxylation is 1. The molecule has 0 unspecified atom stereocenters. The van der Waals surface area contributed by atoms with Gasteiger partial charge in [-0.3, -0.25) is 19.3 Å². The minimum atomic E-state index is -0.684. The molecule has 2 aliphatic heterocycles. The number of ether oxygens (including phenoxy) is 4. The fourth-order valence-electron chi connectivity index (χ4n) is 7.92. The number of rotatable bonds is 10. The van der Waals surface area contributed by atoms with Gasteiger partial charge in [0.05, 0.1) is 31.9 Å². The summed E-state index contributed by atoms with van der Waals surface area (Å²) in [4.78, 5) is 47.9. The van der Waals surface area contributed by atoms with Gasteiger partial charge in [0.25, 0.3) is 0 Å². The van der Waals surface area contributed by atoms with Crippen LogP contribution < -0.4 is 10.1 Å². The molecular weight excluding hydrogens is 731 g/mol. The van der Waals surface area contributed by atoms with Crippen molar-refractivity contribution in [2.45, 2.75) is 50.4 Å². The van der Waals surface area contributed by atoms with Gasteiger partial charge in [-0.1, -0.05) is 17.2 Å². The molecular formula is C34H39IN6O7. The number of nitrogens with zero attached hydrogens (tertiary/aromatic N) is 4. The number of amides is 1. The molecule has 1 saturated carbocycles. The number of halogens is 1. The van der Waals surface area contributed by atoms with Crippen LogP contribution in [0, 0.1) is 21.3 Å². The highest BCUT2D eigenvalue weighted by Crippen LogP contribution is 2.50. The average molecular weight is 771 g/mol. The first-order valence-electron chi connectivity index (χ1n) is 16.1. The van der Waals surface area contributed by atoms with Crippen LogP contribution in [0.1, 0.15) is 42.1 Å². The number of fused-ring (bicyclic) bond motifs is 6. The molecule has 2 N–H and O–H groups in total. The zero-order chi connectivity index (χ0) is 33.9. The molecule has 2 aromatic carbocycles. The van der Waals surface area contributed by atoms with Gasteiger partial charge < -0.3 is 29.2 Å². The summed E-state index contributed by atoms with van der Waals surface area (Å²) in [6.45, 7) is 1.35. The third-order valence-corrected chi connectivity index (χ3v) is 11.0. The maximum absolute atomic E-state index is 13.4. The summed E-state index contributed by atoms with van der Waals surface area (Å²) in [7, 11) is 4.57. The lowest BCUT2D eigenvalue weighted by Gasteiger charge is -2.52. The molecule has 0 spiro atoms. The number of aromatic nitrogens is 1. The Morgan fingerprint density at radius 3 is 2.71 bits per heavy atom. The summed E-state index contributed by atoms with van der Waals surface area (Å²) in [5.74, 6) is -1.02. The second-order valence-corrected chi connectivity index (χ2v) is 13.8. The Bertz CT molecular complexity index is 1760. The van der Waals surface area contributed by atoms with E-state index in [1.165, 1.54) is 30.9 Å². The molecule has 1 saturated heterocycles. The van der Waals surface area contributed by atoms with Crippen molar-refractivity contribution in [3.05, 3.63) is 67.2 Å². The molecule has 3 aromatic rings. The molecule has 13 nitrogen and oxygen atoms in total. The van der Waals surface area contributed by atoms with Crippen LogP contribution in [0.5, 0.6) is 5.75 Å². The molecule has 48 heavy (non-hydrogen) atoms. The van der Waals surface area contributed by atoms with Crippen molar-refractivity contribution in [1.82, 2.24) is 15.2 Å². The molecule has 0 bridgehead atoms. The summed E-state index contributed by atoms with van der Waals surface area (Å²) in [5.41, 5.74) is 13.6. The Labute approximate surface area is 291 Å². The maximum atomic E-state index is 13.4. The maximum Gasteiger partial charge on any atom is 0.325 e. The molecule has 2 fully saturated rings. The molecule has 1 amide bonds. The van der Waals surface area contributed by atoms with E-state index in [0.717, 1.165) is 46.3 Å². The van der Waals surface area contributed by atoms with Crippen molar-refractivity contribution in [2.75, 3.05) is 41.0 Å². The number of hydrogen-bond donors (Lipinski definition) is 2. The van der Waals surface area contributed by atoms with Crippen molar-refractivity contribution in [3.8, 4) is 5.75 Å². The van der Waals surface area contributed by atoms with E-state index in [2.05, 4.69) is 53.9 Å². The van der Waals surface area contributed by atoms with Crippen LogP contribution in [0.3, 0.4) is 0 Å². The van der Waals surface area contributed by atoms with Crippen LogP contribution in [0.2, 0.25) is 0 Å². The van der Waals surface area contributed by atoms with Crippen LogP contribution in [-0.2, 0) is 41.4 Å². The minimum Gasteiger partial charge on any atom is -0.497 e. The van der Waals surface area contributed by atoms with Gasteiger partial charge in [-0.2, -0.15) is 0 Å². The second kappa shape index (κ2) is 14.7. The molecule has 3 heterocycles. The van der Waals surface area contributed by atoms with Gasteiger partial charge in [0.2, 0.25) is 5.91 Å². The van der Waals surface area contributed by atoms with E-state index in [1.54, 1.807) is 19.2 Å². The Morgan fingerprint density at radius 2 is 1.98 bits per heavy atom. The Balaban J connectivity index is 1.11. The summed E-state index contributed by atoms with van der Waals surface area (Å²) in [6, 6.07) is 11.6. The SMILES string of the molecule is COC(=O)[C@H]1[C@H]2C[C@@H]3c4[nH]c5cc(OC)ccc5c4CCN3C[C@H]2C[C@@H](OC(=O)CNC(=O)CCc2ccc(N=[N+]=[N-])c(I)c2)[C@@H]1OC. The normalized spacial score (nSPS) is 24.8. The van der Waals surface area contributed by atoms with Crippen LogP contribution in [-0.4, -0.2) is 80.9 Å². The highest BCUT2D eigenvalue weighted by molar-refractivity contribution is 14.1. The number of carbonyl (C=O) groups excluding carboxylic acids is 3. The van der Waals surface area contributed by atoms with E-state index in [9.17, 15) is 14.4 Å². The molecule has 0 radical (unpaired) electrons. The van der Waals surface area contributed by atoms with Gasteiger partial charge in [0, 0.05) is 57.8 Å². The van der Waals surface area contributed by atoms with E-state index >= 15 is 0 Å². The number of hydrogen-bond acceptors (Lipinski definition) is 9. The predicted molar refractivity (Wildman–Crippen MR) is 185 cm³/mol. The third kappa shape index (κ3) is 6.84. The van der Waals surface area contributed by atoms with Crippen LogP contribution in [0.15, 0.2) is 41.5 Å². The van der Waals surface area contributed by atoms with Gasteiger partial charge in [-0.25, -0.2) is 0 Å². The fraction of sp³-hybridized carbons (Fsp3) is 0.500. The Morgan fingerprint density at radius 1 is 1.15 bits per heavy atom. The van der Waals surface area contributed by atoms with Crippen molar-refractivity contribution in [3.63, 3.8) is 0 Å². The summed E-state index contributed by atoms with van der Waals surface area (Å²) >= 11 is 2.08. The number of piperidine rings is 1. The quantitative estimate of drug-likeness (QED) is 0.0942. The van der Waals surface area contributed by atoms with E-state index in [0.29, 0.717) is 18.5 Å². The largest absolute Gasteiger partial charge is 0.497 e. The lowest BCUT2D eigenvalue weighted by Crippen LogP contribution is -2.58. The first kappa shape index (κ1) is 34.0. The van der Waals surface area contributed by atoms with Crippen molar-refractivity contribution >= 4 is 57.0 Å². The molecule has 6 rings (SSSR count). The number of aromatic amines is 1. The highest BCUT2D eigenvalue weighted by Gasteiger charge is 2.54. The van der Waals surface area contributed by atoms with Crippen molar-refractivity contribution < 1.29 is 33.3 Å². The first-order valence-corrected chi connectivity index (χ1v) is 17.1. The van der Waals surface area contributed by atoms with Gasteiger partial charge in [-0.05, 0) is 95.0 Å². The van der Waals surface area contributed by atoms with Gasteiger partial charge in [-0.15, -0.1) is 0 Å². The highest BCUT2D eigenvalue weighted by atomic mass is 127. The monoisotopic (exact) mass is 770 g/mol. The first-order chi connectivity index (χ1) is 23.2. The smallest absolute Gasteiger partial charge is 0.325 e. The molecule has 1 aromatic heterocycles. The Hall–Kier alpha value is -3.85. The standard InChI is InChI=1S/C34H39IN6O7/c1-45-20-6-7-21-22-10-11-41-17-19-13-28(33(46-2)31(34(44)47-3)23(19)15-27(41)32(22)38-26(21)14-20)48-30(43)16-37-29(42)9-5-18-4-8-25(39-40-36)24(35)12-18/h4,6-8,12,14,19,23,27-28,31,33,38H,5,9-11,13,15-17H2,1-3H3,(H,37,42)/t19-,23+,27-,28-,31+,33+/m1/s1. The van der Waals surface area contributed by atoms with Crippen LogP contribution >= 0.6 is 22.6 Å². The summed E-state index contributed by atoms with van der Waals surface area (Å²) in [5, 5.41) is 7.48. The van der Waals surface area contributed by atoms with E-state index < -0.39 is 24.1 Å². The molecule has 1 aliphatic carbocycles. The molecule has 14 heteroatoms. The lowest BCUT2D eigenvalue weighted by molar-refractivity contribution is -0.189. The van der Waals surface area contributed by atoms with E-state index in [4.69, 9.17) is 24.5 Å². The van der Waals surface area contributed by atoms with Crippen molar-refractivity contribution in [1.29, 1.82) is 0 Å². The summed E-state index contributed by atoms with van der Waals surface area (Å²) in [6.07, 6.45) is 1.47. The molecule has 6 atom stereocenters. The minimum absolute atomic E-state index is 0.0333. The van der Waals surface area contributed by atoms with E-state index in [-0.39, 0.29) is 42.7 Å². The number of methoxy groups -OCH3 is 3. The second-order valence-electron chi connectivity index (χ2n) is 12.6. The van der Waals surface area contributed by atoms with Gasteiger partial charge in [0.15, 0.2) is 0 Å². The number of esters is 2. The number of H-pyrrole nitrogens is 1. The number of carbonyl (C=O) groups is 3. The topological polar surface area (TPSA) is 168 Å². The Kier molecular flexibility index (Phi) is 10.4. The zero-order valence-corrected chi connectivity index (χ0v) is 29.3. The number of azide groups is 1. The predicted octanol–water partition coefficient (Wildman–Crippen LogP) is 5.13. The fourth-order valence-corrected chi connectivity index (χ4v) is 8.61. The number of benzene rings is 2. The van der Waals surface area contributed by atoms with Crippen LogP contribution in [0.4, 0.5) is 5.69 Å². The lowest BCUT2D eigenvalue weighted by atomic mass is 9.64.